The molecule has 0 N–H and O–H groups in total. The van der Waals surface area contributed by atoms with E-state index in [9.17, 15) is 13.2 Å². The number of nitrogens with zero attached hydrogens (tertiary/aromatic N) is 2. The number of morpholine rings is 1. The quantitative estimate of drug-likeness (QED) is 0.775. The van der Waals surface area contributed by atoms with Crippen LogP contribution in [0.5, 0.6) is 5.75 Å². The number of amides is 1. The first-order valence-electron chi connectivity index (χ1n) is 9.40. The molecule has 1 amide bonds. The van der Waals surface area contributed by atoms with Crippen molar-refractivity contribution < 1.29 is 22.7 Å². The average Bonchev–Trinajstić information content (AvgIpc) is 2.82. The van der Waals surface area contributed by atoms with Crippen LogP contribution in [0.15, 0.2) is 24.3 Å². The van der Waals surface area contributed by atoms with Gasteiger partial charge in [0.05, 0.1) is 31.1 Å². The summed E-state index contributed by atoms with van der Waals surface area (Å²) in [5, 5.41) is 0. The van der Waals surface area contributed by atoms with Crippen molar-refractivity contribution in [2.75, 3.05) is 32.5 Å². The molecule has 0 unspecified atom stereocenters. The number of sulfonamides is 1. The SMILES string of the molecule is CC(C)Oc1cccc(C(=O)N2CC[C@@H]3[C@@H](CC2)OCCN3S(C)(=O)=O)c1. The third kappa shape index (κ3) is 4.80. The number of fused-ring (bicyclic) bond motifs is 1. The Kier molecular flexibility index (Phi) is 6.08. The molecule has 0 radical (unpaired) electrons. The first kappa shape index (κ1) is 20.1. The number of ether oxygens (including phenoxy) is 2. The number of benzene rings is 1. The van der Waals surface area contributed by atoms with Crippen LogP contribution < -0.4 is 4.74 Å². The van der Waals surface area contributed by atoms with Gasteiger partial charge >= 0.3 is 0 Å². The molecule has 1 aromatic rings. The fourth-order valence-electron chi connectivity index (χ4n) is 3.82. The van der Waals surface area contributed by atoms with E-state index >= 15 is 0 Å². The van der Waals surface area contributed by atoms with Gasteiger partial charge in [-0.25, -0.2) is 8.42 Å². The predicted octanol–water partition coefficient (Wildman–Crippen LogP) is 1.74. The Labute approximate surface area is 161 Å². The molecule has 7 nitrogen and oxygen atoms in total. The largest absolute Gasteiger partial charge is 0.491 e. The summed E-state index contributed by atoms with van der Waals surface area (Å²) in [7, 11) is -3.29. The first-order valence-corrected chi connectivity index (χ1v) is 11.2. The normalized spacial score (nSPS) is 24.4. The molecular formula is C19H28N2O5S. The number of hydrogen-bond donors (Lipinski definition) is 0. The molecule has 2 aliphatic heterocycles. The first-order chi connectivity index (χ1) is 12.8. The highest BCUT2D eigenvalue weighted by molar-refractivity contribution is 7.88. The number of carbonyl (C=O) groups excluding carboxylic acids is 1. The van der Waals surface area contributed by atoms with Crippen LogP contribution in [0.3, 0.4) is 0 Å². The van der Waals surface area contributed by atoms with Gasteiger partial charge in [0.1, 0.15) is 5.75 Å². The zero-order valence-corrected chi connectivity index (χ0v) is 16.9. The summed E-state index contributed by atoms with van der Waals surface area (Å²) in [4.78, 5) is 14.8. The van der Waals surface area contributed by atoms with Gasteiger partial charge in [0.15, 0.2) is 0 Å². The van der Waals surface area contributed by atoms with Crippen LogP contribution >= 0.6 is 0 Å². The maximum atomic E-state index is 13.0. The van der Waals surface area contributed by atoms with Crippen molar-refractivity contribution in [2.45, 2.75) is 44.9 Å². The van der Waals surface area contributed by atoms with Gasteiger partial charge in [-0.3, -0.25) is 4.79 Å². The van der Waals surface area contributed by atoms with E-state index in [4.69, 9.17) is 9.47 Å². The zero-order valence-electron chi connectivity index (χ0n) is 16.1. The highest BCUT2D eigenvalue weighted by atomic mass is 32.2. The summed E-state index contributed by atoms with van der Waals surface area (Å²) in [6.45, 7) is 5.72. The third-order valence-corrected chi connectivity index (χ3v) is 6.29. The molecule has 2 saturated heterocycles. The van der Waals surface area contributed by atoms with Gasteiger partial charge in [0.25, 0.3) is 5.91 Å². The van der Waals surface area contributed by atoms with Crippen LogP contribution in [-0.2, 0) is 14.8 Å². The van der Waals surface area contributed by atoms with Gasteiger partial charge in [0, 0.05) is 25.2 Å². The third-order valence-electron chi connectivity index (χ3n) is 4.99. The van der Waals surface area contributed by atoms with Crippen LogP contribution in [0, 0.1) is 0 Å². The number of rotatable bonds is 4. The molecule has 150 valence electrons. The summed E-state index contributed by atoms with van der Waals surface area (Å²) >= 11 is 0. The van der Waals surface area contributed by atoms with E-state index in [0.29, 0.717) is 50.4 Å². The van der Waals surface area contributed by atoms with Crippen molar-refractivity contribution >= 4 is 15.9 Å². The summed E-state index contributed by atoms with van der Waals surface area (Å²) < 4.78 is 37.2. The molecule has 0 aromatic heterocycles. The molecule has 2 atom stereocenters. The van der Waals surface area contributed by atoms with Crippen molar-refractivity contribution in [3.63, 3.8) is 0 Å². The second-order valence-electron chi connectivity index (χ2n) is 7.41. The van der Waals surface area contributed by atoms with Crippen molar-refractivity contribution in [1.29, 1.82) is 0 Å². The number of carbonyl (C=O) groups is 1. The molecular weight excluding hydrogens is 368 g/mol. The Balaban J connectivity index is 1.73. The summed E-state index contributed by atoms with van der Waals surface area (Å²) in [6, 6.07) is 7.00. The van der Waals surface area contributed by atoms with Gasteiger partial charge in [-0.05, 0) is 44.9 Å². The molecule has 2 aliphatic rings. The zero-order chi connectivity index (χ0) is 19.6. The molecule has 3 rings (SSSR count). The monoisotopic (exact) mass is 396 g/mol. The van der Waals surface area contributed by atoms with Gasteiger partial charge in [-0.1, -0.05) is 6.07 Å². The van der Waals surface area contributed by atoms with E-state index in [1.165, 1.54) is 10.6 Å². The maximum absolute atomic E-state index is 13.0. The van der Waals surface area contributed by atoms with Crippen molar-refractivity contribution in [3.8, 4) is 5.75 Å². The van der Waals surface area contributed by atoms with Crippen LogP contribution in [0.1, 0.15) is 37.0 Å². The lowest BCUT2D eigenvalue weighted by molar-refractivity contribution is -0.0406. The molecule has 0 bridgehead atoms. The molecule has 8 heteroatoms. The van der Waals surface area contributed by atoms with Crippen molar-refractivity contribution in [3.05, 3.63) is 29.8 Å². The lowest BCUT2D eigenvalue weighted by atomic mass is 10.0. The highest BCUT2D eigenvalue weighted by Crippen LogP contribution is 2.26. The average molecular weight is 397 g/mol. The predicted molar refractivity (Wildman–Crippen MR) is 102 cm³/mol. The van der Waals surface area contributed by atoms with E-state index in [0.717, 1.165) is 0 Å². The van der Waals surface area contributed by atoms with E-state index in [1.807, 2.05) is 26.0 Å². The second kappa shape index (κ2) is 8.16. The fourth-order valence-corrected chi connectivity index (χ4v) is 4.96. The van der Waals surface area contributed by atoms with Crippen LogP contribution in [0.25, 0.3) is 0 Å². The Bertz CT molecular complexity index is 780. The van der Waals surface area contributed by atoms with Crippen LogP contribution in [0.2, 0.25) is 0 Å². The Morgan fingerprint density at radius 1 is 1.22 bits per heavy atom. The molecule has 0 spiro atoms. The van der Waals surface area contributed by atoms with Gasteiger partial charge < -0.3 is 14.4 Å². The van der Waals surface area contributed by atoms with Crippen LogP contribution in [0.4, 0.5) is 0 Å². The smallest absolute Gasteiger partial charge is 0.253 e. The second-order valence-corrected chi connectivity index (χ2v) is 9.35. The minimum atomic E-state index is -3.29. The fraction of sp³-hybridized carbons (Fsp3) is 0.632. The lowest BCUT2D eigenvalue weighted by Crippen LogP contribution is -2.53. The minimum absolute atomic E-state index is 0.0378. The Morgan fingerprint density at radius 2 is 1.96 bits per heavy atom. The Hall–Kier alpha value is -1.64. The summed E-state index contributed by atoms with van der Waals surface area (Å²) in [5.74, 6) is 0.611. The minimum Gasteiger partial charge on any atom is -0.491 e. The molecule has 27 heavy (non-hydrogen) atoms. The van der Waals surface area contributed by atoms with E-state index in [-0.39, 0.29) is 24.2 Å². The summed E-state index contributed by atoms with van der Waals surface area (Å²) in [5.41, 5.74) is 0.582. The van der Waals surface area contributed by atoms with E-state index in [1.54, 1.807) is 17.0 Å². The molecule has 0 aliphatic carbocycles. The maximum Gasteiger partial charge on any atom is 0.253 e. The molecule has 2 heterocycles. The lowest BCUT2D eigenvalue weighted by Gasteiger charge is -2.38. The number of likely N-dealkylation sites (tertiary alicyclic amines) is 1. The van der Waals surface area contributed by atoms with E-state index in [2.05, 4.69) is 0 Å². The van der Waals surface area contributed by atoms with Gasteiger partial charge in [0.2, 0.25) is 10.0 Å². The number of hydrogen-bond acceptors (Lipinski definition) is 5. The summed E-state index contributed by atoms with van der Waals surface area (Å²) in [6.07, 6.45) is 2.32. The van der Waals surface area contributed by atoms with Crippen molar-refractivity contribution in [1.82, 2.24) is 9.21 Å². The van der Waals surface area contributed by atoms with Crippen molar-refractivity contribution in [2.24, 2.45) is 0 Å². The van der Waals surface area contributed by atoms with Gasteiger partial charge in [-0.2, -0.15) is 4.31 Å². The van der Waals surface area contributed by atoms with Crippen LogP contribution in [-0.4, -0.2) is 74.3 Å². The van der Waals surface area contributed by atoms with Gasteiger partial charge in [-0.15, -0.1) is 0 Å². The molecule has 2 fully saturated rings. The standard InChI is InChI=1S/C19H28N2O5S/c1-14(2)26-16-6-4-5-15(13-16)19(22)20-9-7-17-18(8-10-20)25-12-11-21(17)27(3,23)24/h4-6,13-14,17-18H,7-12H2,1-3H3/t17-,18-/m1/s1. The molecule has 0 saturated carbocycles. The van der Waals surface area contributed by atoms with E-state index < -0.39 is 10.0 Å². The highest BCUT2D eigenvalue weighted by Gasteiger charge is 2.39. The topological polar surface area (TPSA) is 76.2 Å². The Morgan fingerprint density at radius 3 is 2.67 bits per heavy atom. The molecule has 1 aromatic carbocycles.